The van der Waals surface area contributed by atoms with Crippen LogP contribution < -0.4 is 9.79 Å². The fraction of sp³-hybridized carbons (Fsp3) is 1.00. The average molecular weight is 264 g/mol. The predicted molar refractivity (Wildman–Crippen MR) is 46.2 cm³/mol. The maximum Gasteiger partial charge on any atom is 2.00 e. The Labute approximate surface area is 89.8 Å². The van der Waals surface area contributed by atoms with Crippen LogP contribution in [0.15, 0.2) is 0 Å². The summed E-state index contributed by atoms with van der Waals surface area (Å²) in [5.41, 5.74) is -3.50. The van der Waals surface area contributed by atoms with Crippen LogP contribution in [-0.2, 0) is 31.3 Å². The molecule has 0 bridgehead atoms. The van der Waals surface area contributed by atoms with Gasteiger partial charge in [0, 0.05) is 5.25 Å². The van der Waals surface area contributed by atoms with E-state index in [1.807, 2.05) is 13.8 Å². The van der Waals surface area contributed by atoms with Crippen LogP contribution in [-0.4, -0.2) is 5.25 Å². The van der Waals surface area contributed by atoms with Gasteiger partial charge in [-0.15, -0.1) is 11.8 Å². The van der Waals surface area contributed by atoms with E-state index in [0.29, 0.717) is 0 Å². The van der Waals surface area contributed by atoms with E-state index in [4.69, 9.17) is 0 Å². The van der Waals surface area contributed by atoms with Crippen molar-refractivity contribution in [3.8, 4) is 0 Å². The van der Waals surface area contributed by atoms with Crippen LogP contribution in [0.1, 0.15) is 26.7 Å². The zero-order chi connectivity index (χ0) is 8.20. The van der Waals surface area contributed by atoms with Gasteiger partial charge in [0.15, 0.2) is 0 Å². The van der Waals surface area contributed by atoms with Crippen LogP contribution in [0.25, 0.3) is 0 Å². The fourth-order valence-electron chi connectivity index (χ4n) is 0.680. The second-order valence-corrected chi connectivity index (χ2v) is 8.27. The van der Waals surface area contributed by atoms with Crippen molar-refractivity contribution in [2.75, 3.05) is 0 Å². The molecule has 1 atom stereocenters. The Morgan fingerprint density at radius 3 is 2.27 bits per heavy atom. The topological polar surface area (TPSA) is 46.1 Å². The molecular weight excluding hydrogens is 253 g/mol. The molecule has 0 N–H and O–H groups in total. The minimum atomic E-state index is -3.50. The van der Waals surface area contributed by atoms with Crippen molar-refractivity contribution in [3.05, 3.63) is 0 Å². The molecule has 0 aromatic rings. The van der Waals surface area contributed by atoms with Gasteiger partial charge in [0.25, 0.3) is 0 Å². The molecule has 0 aliphatic carbocycles. The van der Waals surface area contributed by atoms with E-state index in [1.54, 1.807) is 0 Å². The third-order valence-electron chi connectivity index (χ3n) is 1.00. The fourth-order valence-corrected chi connectivity index (χ4v) is 4.42. The summed E-state index contributed by atoms with van der Waals surface area (Å²) < 4.78 is 0. The summed E-state index contributed by atoms with van der Waals surface area (Å²) in [4.78, 5) is 21.0. The molecule has 0 spiro atoms. The largest absolute Gasteiger partial charge is 2.00 e. The zero-order valence-electron chi connectivity index (χ0n) is 6.78. The van der Waals surface area contributed by atoms with Crippen LogP contribution in [0.2, 0.25) is 0 Å². The summed E-state index contributed by atoms with van der Waals surface area (Å²) in [7, 11) is 0. The predicted octanol–water partition coefficient (Wildman–Crippen LogP) is 0.851. The normalized spacial score (nSPS) is 13.8. The molecule has 0 aliphatic rings. The van der Waals surface area contributed by atoms with Crippen LogP contribution >= 0.6 is 17.1 Å². The first-order valence-corrected chi connectivity index (χ1v) is 7.28. The number of hydrogen-bond donors (Lipinski definition) is 0. The molecular formula is C5H11O2PS2Zn. The van der Waals surface area contributed by atoms with Crippen molar-refractivity contribution in [2.24, 2.45) is 0 Å². The van der Waals surface area contributed by atoms with Gasteiger partial charge in [-0.25, -0.2) is 0 Å². The Kier molecular flexibility index (Phi) is 9.56. The zero-order valence-corrected chi connectivity index (χ0v) is 12.3. The number of hydrogen-bond acceptors (Lipinski definition) is 4. The second-order valence-electron chi connectivity index (χ2n) is 2.15. The summed E-state index contributed by atoms with van der Waals surface area (Å²) >= 11 is 5.13. The van der Waals surface area contributed by atoms with Crippen LogP contribution in [0.5, 0.6) is 0 Å². The Morgan fingerprint density at radius 1 is 1.55 bits per heavy atom. The van der Waals surface area contributed by atoms with E-state index in [2.05, 4.69) is 11.8 Å². The molecule has 0 radical (unpaired) electrons. The third-order valence-corrected chi connectivity index (χ3v) is 4.49. The Bertz CT molecular complexity index is 138. The van der Waals surface area contributed by atoms with Crippen molar-refractivity contribution < 1.29 is 29.3 Å². The molecule has 6 heteroatoms. The van der Waals surface area contributed by atoms with E-state index >= 15 is 0 Å². The maximum absolute atomic E-state index is 10.5. The molecule has 0 amide bonds. The molecule has 0 aromatic carbocycles. The Balaban J connectivity index is 0. The van der Waals surface area contributed by atoms with Crippen molar-refractivity contribution in [3.63, 3.8) is 0 Å². The molecule has 0 fully saturated rings. The molecule has 0 heterocycles. The summed E-state index contributed by atoms with van der Waals surface area (Å²) in [6, 6.07) is 0. The molecule has 2 nitrogen and oxygen atoms in total. The smallest absolute Gasteiger partial charge is 0.825 e. The van der Waals surface area contributed by atoms with Crippen LogP contribution in [0.3, 0.4) is 0 Å². The van der Waals surface area contributed by atoms with Gasteiger partial charge in [-0.05, 0) is 6.42 Å². The number of rotatable bonds is 4. The van der Waals surface area contributed by atoms with Crippen molar-refractivity contribution in [1.29, 1.82) is 0 Å². The van der Waals surface area contributed by atoms with Gasteiger partial charge in [0.1, 0.15) is 0 Å². The Hall–Kier alpha value is 1.54. The molecule has 62 valence electrons. The first-order valence-electron chi connectivity index (χ1n) is 3.16. The van der Waals surface area contributed by atoms with Gasteiger partial charge in [-0.1, -0.05) is 20.3 Å². The van der Waals surface area contributed by atoms with Crippen LogP contribution in [0.4, 0.5) is 0 Å². The molecule has 0 aliphatic heterocycles. The van der Waals surface area contributed by atoms with E-state index in [1.165, 1.54) is 0 Å². The first kappa shape index (κ1) is 15.0. The molecule has 1 unspecified atom stereocenters. The van der Waals surface area contributed by atoms with Gasteiger partial charge in [-0.3, -0.25) is 0 Å². The van der Waals surface area contributed by atoms with E-state index in [-0.39, 0.29) is 24.7 Å². The van der Waals surface area contributed by atoms with Gasteiger partial charge >= 0.3 is 19.5 Å². The summed E-state index contributed by atoms with van der Waals surface area (Å²) in [5.74, 6) is 0. The summed E-state index contributed by atoms with van der Waals surface area (Å²) in [6.07, 6.45) is 1.91. The quantitative estimate of drug-likeness (QED) is 0.557. The van der Waals surface area contributed by atoms with Crippen LogP contribution in [0, 0.1) is 0 Å². The first-order chi connectivity index (χ1) is 4.45. The minimum absolute atomic E-state index is 0. The van der Waals surface area contributed by atoms with E-state index < -0.39 is 5.69 Å². The van der Waals surface area contributed by atoms with Crippen molar-refractivity contribution in [2.45, 2.75) is 31.9 Å². The van der Waals surface area contributed by atoms with Gasteiger partial charge < -0.3 is 9.79 Å². The maximum atomic E-state index is 10.5. The second kappa shape index (κ2) is 7.00. The summed E-state index contributed by atoms with van der Waals surface area (Å²) in [6.45, 7) is 3.90. The van der Waals surface area contributed by atoms with Crippen molar-refractivity contribution in [1.82, 2.24) is 0 Å². The molecule has 0 aromatic heterocycles. The molecule has 11 heavy (non-hydrogen) atoms. The SMILES string of the molecule is CCCC(C)SP([O-])([O-])=S.[Zn+2]. The van der Waals surface area contributed by atoms with Gasteiger partial charge in [0.2, 0.25) is 0 Å². The minimum Gasteiger partial charge on any atom is -0.825 e. The monoisotopic (exact) mass is 262 g/mol. The molecule has 0 rings (SSSR count). The van der Waals surface area contributed by atoms with Gasteiger partial charge in [0.05, 0.1) is 0 Å². The van der Waals surface area contributed by atoms with E-state index in [0.717, 1.165) is 24.2 Å². The Morgan fingerprint density at radius 2 is 2.00 bits per heavy atom. The van der Waals surface area contributed by atoms with E-state index in [9.17, 15) is 9.79 Å². The average Bonchev–Trinajstić information content (AvgIpc) is 1.59. The standard InChI is InChI=1S/C5H13O2PS2.Zn/c1-3-4-5(2)10-8(6,7)9;/h5H,3-4H2,1-2H3,(H2,6,7,9);/q;+2/p-2. The van der Waals surface area contributed by atoms with Crippen molar-refractivity contribution >= 4 is 28.9 Å². The molecule has 0 saturated carbocycles. The molecule has 0 saturated heterocycles. The summed E-state index contributed by atoms with van der Waals surface area (Å²) in [5, 5.41) is 0.144. The van der Waals surface area contributed by atoms with Gasteiger partial charge in [-0.2, -0.15) is 17.1 Å². The third kappa shape index (κ3) is 11.5.